The topological polar surface area (TPSA) is 49.6 Å². The Morgan fingerprint density at radius 2 is 2.00 bits per heavy atom. The van der Waals surface area contributed by atoms with Gasteiger partial charge in [0.15, 0.2) is 0 Å². The van der Waals surface area contributed by atoms with Gasteiger partial charge in [-0.3, -0.25) is 4.79 Å². The zero-order valence-corrected chi connectivity index (χ0v) is 14.1. The fourth-order valence-corrected chi connectivity index (χ4v) is 3.99. The summed E-state index contributed by atoms with van der Waals surface area (Å²) >= 11 is 0. The molecule has 0 radical (unpaired) electrons. The smallest absolute Gasteiger partial charge is 0.227 e. The van der Waals surface area contributed by atoms with Crippen LogP contribution in [-0.4, -0.2) is 54.5 Å². The van der Waals surface area contributed by atoms with E-state index in [0.717, 1.165) is 38.6 Å². The van der Waals surface area contributed by atoms with E-state index in [9.17, 15) is 4.79 Å². The third kappa shape index (κ3) is 4.19. The monoisotopic (exact) mass is 295 g/mol. The zero-order valence-electron chi connectivity index (χ0n) is 14.1. The van der Waals surface area contributed by atoms with Crippen molar-refractivity contribution in [2.75, 3.05) is 27.2 Å². The Hall–Kier alpha value is -0.610. The third-order valence-corrected chi connectivity index (χ3v) is 5.65. The molecule has 2 N–H and O–H groups in total. The van der Waals surface area contributed by atoms with Crippen LogP contribution < -0.4 is 5.73 Å². The molecule has 4 nitrogen and oxygen atoms in total. The number of carbonyl (C=O) groups excluding carboxylic acids is 1. The molecule has 2 rings (SSSR count). The van der Waals surface area contributed by atoms with Gasteiger partial charge in [0.2, 0.25) is 5.91 Å². The van der Waals surface area contributed by atoms with Gasteiger partial charge in [-0.1, -0.05) is 19.3 Å². The highest BCUT2D eigenvalue weighted by Gasteiger charge is 2.39. The molecule has 0 aromatic heterocycles. The lowest BCUT2D eigenvalue weighted by Crippen LogP contribution is -2.53. The fourth-order valence-electron chi connectivity index (χ4n) is 3.99. The quantitative estimate of drug-likeness (QED) is 0.865. The average Bonchev–Trinajstić information content (AvgIpc) is 2.45. The van der Waals surface area contributed by atoms with Crippen molar-refractivity contribution < 1.29 is 4.79 Å². The Bertz CT molecular complexity index is 356. The van der Waals surface area contributed by atoms with Crippen LogP contribution >= 0.6 is 0 Å². The second-order valence-corrected chi connectivity index (χ2v) is 7.48. The van der Waals surface area contributed by atoms with Crippen LogP contribution in [0.3, 0.4) is 0 Å². The maximum Gasteiger partial charge on any atom is 0.227 e. The van der Waals surface area contributed by atoms with Crippen molar-refractivity contribution in [2.24, 2.45) is 11.7 Å². The average molecular weight is 295 g/mol. The van der Waals surface area contributed by atoms with E-state index < -0.39 is 0 Å². The Morgan fingerprint density at radius 1 is 1.29 bits per heavy atom. The molecular weight excluding hydrogens is 262 g/mol. The van der Waals surface area contributed by atoms with E-state index in [2.05, 4.69) is 18.9 Å². The largest absolute Gasteiger partial charge is 0.345 e. The second-order valence-electron chi connectivity index (χ2n) is 7.48. The summed E-state index contributed by atoms with van der Waals surface area (Å²) in [6.07, 6.45) is 9.24. The summed E-state index contributed by atoms with van der Waals surface area (Å²) in [6.45, 7) is 4.11. The minimum Gasteiger partial charge on any atom is -0.345 e. The van der Waals surface area contributed by atoms with Crippen molar-refractivity contribution in [3.8, 4) is 0 Å². The van der Waals surface area contributed by atoms with Gasteiger partial charge >= 0.3 is 0 Å². The van der Waals surface area contributed by atoms with E-state index in [-0.39, 0.29) is 17.4 Å². The lowest BCUT2D eigenvalue weighted by molar-refractivity contribution is -0.137. The fraction of sp³-hybridized carbons (Fsp3) is 0.941. The van der Waals surface area contributed by atoms with Gasteiger partial charge in [0, 0.05) is 25.2 Å². The standard InChI is InChI=1S/C17H33N3O/c1-17(18)11-6-4-9-15(17)16(21)20(3)13-10-14-8-5-7-12-19(14)2/h14-15H,4-13,18H2,1-3H3. The van der Waals surface area contributed by atoms with Crippen LogP contribution in [0, 0.1) is 5.92 Å². The summed E-state index contributed by atoms with van der Waals surface area (Å²) in [6, 6.07) is 0.643. The van der Waals surface area contributed by atoms with Crippen molar-refractivity contribution in [3.63, 3.8) is 0 Å². The van der Waals surface area contributed by atoms with Gasteiger partial charge < -0.3 is 15.5 Å². The molecule has 1 aliphatic heterocycles. The molecule has 1 saturated carbocycles. The molecule has 1 saturated heterocycles. The van der Waals surface area contributed by atoms with Gasteiger partial charge in [-0.2, -0.15) is 0 Å². The molecule has 3 atom stereocenters. The third-order valence-electron chi connectivity index (χ3n) is 5.65. The molecule has 1 aliphatic carbocycles. The molecule has 2 aliphatic rings. The molecule has 3 unspecified atom stereocenters. The van der Waals surface area contributed by atoms with Crippen molar-refractivity contribution >= 4 is 5.91 Å². The molecule has 0 spiro atoms. The maximum atomic E-state index is 12.7. The summed E-state index contributed by atoms with van der Waals surface area (Å²) in [5.74, 6) is 0.276. The predicted octanol–water partition coefficient (Wildman–Crippen LogP) is 2.23. The van der Waals surface area contributed by atoms with Crippen LogP contribution in [0.15, 0.2) is 0 Å². The van der Waals surface area contributed by atoms with Gasteiger partial charge in [0.1, 0.15) is 0 Å². The van der Waals surface area contributed by atoms with Crippen molar-refractivity contribution in [1.29, 1.82) is 0 Å². The Morgan fingerprint density at radius 3 is 2.67 bits per heavy atom. The van der Waals surface area contributed by atoms with E-state index >= 15 is 0 Å². The second kappa shape index (κ2) is 7.10. The van der Waals surface area contributed by atoms with E-state index in [1.165, 1.54) is 25.8 Å². The number of nitrogens with two attached hydrogens (primary N) is 1. The van der Waals surface area contributed by atoms with E-state index in [1.807, 2.05) is 11.9 Å². The molecule has 2 fully saturated rings. The maximum absolute atomic E-state index is 12.7. The molecule has 21 heavy (non-hydrogen) atoms. The highest BCUT2D eigenvalue weighted by Crippen LogP contribution is 2.32. The molecule has 0 aromatic rings. The molecule has 1 amide bonds. The number of hydrogen-bond acceptors (Lipinski definition) is 3. The number of piperidine rings is 1. The first-order chi connectivity index (χ1) is 9.92. The number of rotatable bonds is 4. The van der Waals surface area contributed by atoms with E-state index in [4.69, 9.17) is 5.73 Å². The molecule has 1 heterocycles. The first kappa shape index (κ1) is 16.8. The van der Waals surface area contributed by atoms with Gasteiger partial charge in [-0.05, 0) is 52.6 Å². The summed E-state index contributed by atoms with van der Waals surface area (Å²) in [5.41, 5.74) is 6.05. The van der Waals surface area contributed by atoms with Crippen LogP contribution in [0.2, 0.25) is 0 Å². The minimum absolute atomic E-state index is 0.0142. The summed E-state index contributed by atoms with van der Waals surface area (Å²) < 4.78 is 0. The van der Waals surface area contributed by atoms with Crippen molar-refractivity contribution in [3.05, 3.63) is 0 Å². The van der Waals surface area contributed by atoms with Gasteiger partial charge in [-0.15, -0.1) is 0 Å². The summed E-state index contributed by atoms with van der Waals surface area (Å²) in [7, 11) is 4.17. The van der Waals surface area contributed by atoms with Crippen LogP contribution in [0.4, 0.5) is 0 Å². The van der Waals surface area contributed by atoms with Crippen LogP contribution in [-0.2, 0) is 4.79 Å². The van der Waals surface area contributed by atoms with Gasteiger partial charge in [0.05, 0.1) is 5.92 Å². The van der Waals surface area contributed by atoms with Crippen LogP contribution in [0.25, 0.3) is 0 Å². The van der Waals surface area contributed by atoms with Gasteiger partial charge in [0.25, 0.3) is 0 Å². The first-order valence-corrected chi connectivity index (χ1v) is 8.66. The summed E-state index contributed by atoms with van der Waals surface area (Å²) in [4.78, 5) is 17.1. The van der Waals surface area contributed by atoms with Crippen molar-refractivity contribution in [2.45, 2.75) is 69.9 Å². The number of likely N-dealkylation sites (tertiary alicyclic amines) is 1. The number of carbonyl (C=O) groups is 1. The molecule has 0 aromatic carbocycles. The van der Waals surface area contributed by atoms with Crippen LogP contribution in [0.5, 0.6) is 0 Å². The molecule has 0 bridgehead atoms. The highest BCUT2D eigenvalue weighted by atomic mass is 16.2. The van der Waals surface area contributed by atoms with Crippen molar-refractivity contribution in [1.82, 2.24) is 9.80 Å². The highest BCUT2D eigenvalue weighted by molar-refractivity contribution is 5.80. The van der Waals surface area contributed by atoms with Gasteiger partial charge in [-0.25, -0.2) is 0 Å². The summed E-state index contributed by atoms with van der Waals surface area (Å²) in [5, 5.41) is 0. The lowest BCUT2D eigenvalue weighted by atomic mass is 9.74. The normalized spacial score (nSPS) is 34.7. The first-order valence-electron chi connectivity index (χ1n) is 8.66. The molecule has 4 heteroatoms. The lowest BCUT2D eigenvalue weighted by Gasteiger charge is -2.40. The van der Waals surface area contributed by atoms with Crippen LogP contribution in [0.1, 0.15) is 58.3 Å². The Balaban J connectivity index is 1.84. The number of amides is 1. The molecule has 122 valence electrons. The molecular formula is C17H33N3O. The number of nitrogens with zero attached hydrogens (tertiary/aromatic N) is 2. The Kier molecular flexibility index (Phi) is 5.67. The SMILES string of the molecule is CN(CCC1CCCCN1C)C(=O)C1CCCCC1(C)N. The van der Waals surface area contributed by atoms with E-state index in [1.54, 1.807) is 0 Å². The predicted molar refractivity (Wildman–Crippen MR) is 87.1 cm³/mol. The van der Waals surface area contributed by atoms with E-state index in [0.29, 0.717) is 6.04 Å². The Labute approximate surface area is 130 Å². The minimum atomic E-state index is -0.314. The zero-order chi connectivity index (χ0) is 15.5. The number of hydrogen-bond donors (Lipinski definition) is 1.